The van der Waals surface area contributed by atoms with E-state index in [-0.39, 0.29) is 27.7 Å². The first-order chi connectivity index (χ1) is 9.47. The van der Waals surface area contributed by atoms with Gasteiger partial charge in [-0.3, -0.25) is 4.79 Å². The van der Waals surface area contributed by atoms with Crippen LogP contribution in [0.1, 0.15) is 5.56 Å². The first kappa shape index (κ1) is 14.8. The molecule has 0 saturated carbocycles. The number of anilines is 1. The normalized spacial score (nSPS) is 10.4. The molecule has 0 radical (unpaired) electrons. The summed E-state index contributed by atoms with van der Waals surface area (Å²) in [5, 5.41) is 2.72. The number of hydrogen-bond acceptors (Lipinski definition) is 1. The molecule has 0 atom stereocenters. The SMILES string of the molecule is O=C(Cc1c(F)cccc1Cl)Nc1ccc(F)cc1Cl. The van der Waals surface area contributed by atoms with Gasteiger partial charge >= 0.3 is 0 Å². The van der Waals surface area contributed by atoms with Crippen LogP contribution in [0, 0.1) is 11.6 Å². The van der Waals surface area contributed by atoms with Crippen LogP contribution in [0.5, 0.6) is 0 Å². The third-order valence-electron chi connectivity index (χ3n) is 2.60. The molecule has 0 spiro atoms. The van der Waals surface area contributed by atoms with E-state index in [1.165, 1.54) is 24.3 Å². The zero-order chi connectivity index (χ0) is 14.7. The lowest BCUT2D eigenvalue weighted by molar-refractivity contribution is -0.115. The van der Waals surface area contributed by atoms with Crippen LogP contribution in [-0.2, 0) is 11.2 Å². The third-order valence-corrected chi connectivity index (χ3v) is 3.27. The Morgan fingerprint density at radius 3 is 2.50 bits per heavy atom. The van der Waals surface area contributed by atoms with Crippen LogP contribution in [0.15, 0.2) is 36.4 Å². The molecule has 0 aliphatic heterocycles. The maximum atomic E-state index is 13.5. The molecule has 6 heteroatoms. The average molecular weight is 316 g/mol. The predicted molar refractivity (Wildman–Crippen MR) is 75.2 cm³/mol. The van der Waals surface area contributed by atoms with Crippen molar-refractivity contribution in [1.29, 1.82) is 0 Å². The minimum Gasteiger partial charge on any atom is -0.324 e. The minimum atomic E-state index is -0.558. The zero-order valence-corrected chi connectivity index (χ0v) is 11.6. The Morgan fingerprint density at radius 2 is 1.85 bits per heavy atom. The van der Waals surface area contributed by atoms with E-state index in [1.807, 2.05) is 0 Å². The lowest BCUT2D eigenvalue weighted by Gasteiger charge is -2.09. The Hall–Kier alpha value is -1.65. The molecule has 0 saturated heterocycles. The van der Waals surface area contributed by atoms with Crippen LogP contribution in [0.3, 0.4) is 0 Å². The van der Waals surface area contributed by atoms with Gasteiger partial charge in [-0.25, -0.2) is 8.78 Å². The molecule has 0 fully saturated rings. The predicted octanol–water partition coefficient (Wildman–Crippen LogP) is 4.45. The monoisotopic (exact) mass is 315 g/mol. The van der Waals surface area contributed by atoms with Crippen molar-refractivity contribution < 1.29 is 13.6 Å². The number of halogens is 4. The van der Waals surface area contributed by atoms with Gasteiger partial charge in [-0.05, 0) is 30.3 Å². The molecule has 104 valence electrons. The van der Waals surface area contributed by atoms with Crippen molar-refractivity contribution >= 4 is 34.8 Å². The second-order valence-electron chi connectivity index (χ2n) is 4.05. The topological polar surface area (TPSA) is 29.1 Å². The number of carbonyl (C=O) groups excluding carboxylic acids is 1. The Kier molecular flexibility index (Phi) is 4.57. The number of hydrogen-bond donors (Lipinski definition) is 1. The summed E-state index contributed by atoms with van der Waals surface area (Å²) in [5.41, 5.74) is 0.357. The number of nitrogens with one attached hydrogen (secondary N) is 1. The van der Waals surface area contributed by atoms with Crippen LogP contribution < -0.4 is 5.32 Å². The van der Waals surface area contributed by atoms with E-state index < -0.39 is 17.5 Å². The molecule has 20 heavy (non-hydrogen) atoms. The van der Waals surface area contributed by atoms with E-state index in [4.69, 9.17) is 23.2 Å². The van der Waals surface area contributed by atoms with E-state index >= 15 is 0 Å². The summed E-state index contributed by atoms with van der Waals surface area (Å²) in [7, 11) is 0. The van der Waals surface area contributed by atoms with Gasteiger partial charge in [0.15, 0.2) is 0 Å². The van der Waals surface area contributed by atoms with Crippen LogP contribution >= 0.6 is 23.2 Å². The highest BCUT2D eigenvalue weighted by Gasteiger charge is 2.13. The summed E-state index contributed by atoms with van der Waals surface area (Å²) in [5.74, 6) is -1.56. The molecule has 0 bridgehead atoms. The summed E-state index contributed by atoms with van der Waals surface area (Å²) in [4.78, 5) is 11.8. The van der Waals surface area contributed by atoms with Crippen LogP contribution in [0.2, 0.25) is 10.0 Å². The summed E-state index contributed by atoms with van der Waals surface area (Å²) in [6, 6.07) is 7.75. The second-order valence-corrected chi connectivity index (χ2v) is 4.86. The highest BCUT2D eigenvalue weighted by atomic mass is 35.5. The van der Waals surface area contributed by atoms with Gasteiger partial charge in [0.2, 0.25) is 5.91 Å². The van der Waals surface area contributed by atoms with Crippen LogP contribution in [0.4, 0.5) is 14.5 Å². The summed E-state index contributed by atoms with van der Waals surface area (Å²) >= 11 is 11.6. The maximum absolute atomic E-state index is 13.5. The quantitative estimate of drug-likeness (QED) is 0.890. The Morgan fingerprint density at radius 1 is 1.10 bits per heavy atom. The maximum Gasteiger partial charge on any atom is 0.229 e. The Bertz CT molecular complexity index is 641. The lowest BCUT2D eigenvalue weighted by atomic mass is 10.1. The van der Waals surface area contributed by atoms with E-state index in [1.54, 1.807) is 0 Å². The van der Waals surface area contributed by atoms with Crippen molar-refractivity contribution in [2.75, 3.05) is 5.32 Å². The van der Waals surface area contributed by atoms with Gasteiger partial charge in [-0.2, -0.15) is 0 Å². The fraction of sp³-hybridized carbons (Fsp3) is 0.0714. The Balaban J connectivity index is 2.13. The van der Waals surface area contributed by atoms with Crippen molar-refractivity contribution in [2.24, 2.45) is 0 Å². The standard InChI is InChI=1S/C14H9Cl2F2NO/c15-10-2-1-3-12(18)9(10)7-14(20)19-13-5-4-8(17)6-11(13)16/h1-6H,7H2,(H,19,20). The van der Waals surface area contributed by atoms with E-state index in [0.29, 0.717) is 0 Å². The number of rotatable bonds is 3. The molecule has 0 aliphatic carbocycles. The number of carbonyl (C=O) groups is 1. The summed E-state index contributed by atoms with van der Waals surface area (Å²) in [6.07, 6.45) is -0.237. The molecule has 0 aliphatic rings. The highest BCUT2D eigenvalue weighted by molar-refractivity contribution is 6.33. The van der Waals surface area contributed by atoms with Gasteiger partial charge in [-0.1, -0.05) is 29.3 Å². The fourth-order valence-electron chi connectivity index (χ4n) is 1.65. The van der Waals surface area contributed by atoms with Crippen LogP contribution in [0.25, 0.3) is 0 Å². The fourth-order valence-corrected chi connectivity index (χ4v) is 2.09. The smallest absolute Gasteiger partial charge is 0.229 e. The molecule has 1 N–H and O–H groups in total. The van der Waals surface area contributed by atoms with E-state index in [0.717, 1.165) is 12.1 Å². The van der Waals surface area contributed by atoms with E-state index in [2.05, 4.69) is 5.32 Å². The lowest BCUT2D eigenvalue weighted by Crippen LogP contribution is -2.15. The third kappa shape index (κ3) is 3.46. The van der Waals surface area contributed by atoms with Crippen LogP contribution in [-0.4, -0.2) is 5.91 Å². The van der Waals surface area contributed by atoms with E-state index in [9.17, 15) is 13.6 Å². The molecule has 0 aromatic heterocycles. The molecule has 0 heterocycles. The van der Waals surface area contributed by atoms with Gasteiger partial charge in [0.25, 0.3) is 0 Å². The molecule has 2 aromatic rings. The highest BCUT2D eigenvalue weighted by Crippen LogP contribution is 2.24. The van der Waals surface area contributed by atoms with Crippen molar-refractivity contribution in [1.82, 2.24) is 0 Å². The van der Waals surface area contributed by atoms with Gasteiger partial charge in [0.05, 0.1) is 17.1 Å². The molecule has 2 rings (SSSR count). The molecule has 1 amide bonds. The molecular weight excluding hydrogens is 307 g/mol. The second kappa shape index (κ2) is 6.20. The van der Waals surface area contributed by atoms with Gasteiger partial charge in [-0.15, -0.1) is 0 Å². The van der Waals surface area contributed by atoms with Crippen molar-refractivity contribution in [3.8, 4) is 0 Å². The molecule has 0 unspecified atom stereocenters. The minimum absolute atomic E-state index is 0.0676. The Labute approximate surface area is 124 Å². The summed E-state index contributed by atoms with van der Waals surface area (Å²) in [6.45, 7) is 0. The first-order valence-corrected chi connectivity index (χ1v) is 6.41. The average Bonchev–Trinajstić information content (AvgIpc) is 2.37. The zero-order valence-electron chi connectivity index (χ0n) is 10.1. The van der Waals surface area contributed by atoms with Gasteiger partial charge < -0.3 is 5.32 Å². The largest absolute Gasteiger partial charge is 0.324 e. The van der Waals surface area contributed by atoms with Gasteiger partial charge in [0, 0.05) is 10.6 Å². The van der Waals surface area contributed by atoms with Crippen molar-refractivity contribution in [3.05, 3.63) is 63.6 Å². The number of benzene rings is 2. The number of amides is 1. The van der Waals surface area contributed by atoms with Crippen molar-refractivity contribution in [3.63, 3.8) is 0 Å². The molecule has 2 nitrogen and oxygen atoms in total. The van der Waals surface area contributed by atoms with Crippen molar-refractivity contribution in [2.45, 2.75) is 6.42 Å². The summed E-state index contributed by atoms with van der Waals surface area (Å²) < 4.78 is 26.4. The van der Waals surface area contributed by atoms with Gasteiger partial charge in [0.1, 0.15) is 11.6 Å². The molecule has 2 aromatic carbocycles. The molecular formula is C14H9Cl2F2NO. The first-order valence-electron chi connectivity index (χ1n) is 5.65.